The molecule has 0 aliphatic carbocycles. The number of ether oxygens (including phenoxy) is 1. The number of rotatable bonds is 3. The van der Waals surface area contributed by atoms with E-state index in [0.717, 1.165) is 11.3 Å². The second kappa shape index (κ2) is 5.48. The van der Waals surface area contributed by atoms with Crippen molar-refractivity contribution < 1.29 is 17.5 Å². The van der Waals surface area contributed by atoms with E-state index >= 15 is 0 Å². The summed E-state index contributed by atoms with van der Waals surface area (Å²) in [5.74, 6) is -0.246. The Morgan fingerprint density at radius 1 is 1.10 bits per heavy atom. The van der Waals surface area contributed by atoms with Crippen molar-refractivity contribution in [2.45, 2.75) is 17.2 Å². The van der Waals surface area contributed by atoms with Gasteiger partial charge in [-0.05, 0) is 30.2 Å². The summed E-state index contributed by atoms with van der Waals surface area (Å²) in [5, 5.41) is 0. The Hall–Kier alpha value is -1.88. The van der Waals surface area contributed by atoms with Crippen molar-refractivity contribution >= 4 is 9.84 Å². The Morgan fingerprint density at radius 2 is 1.81 bits per heavy atom. The van der Waals surface area contributed by atoms with E-state index in [-0.39, 0.29) is 16.6 Å². The van der Waals surface area contributed by atoms with Gasteiger partial charge in [-0.2, -0.15) is 0 Å². The lowest BCUT2D eigenvalue weighted by Gasteiger charge is -2.25. The number of sulfone groups is 1. The second-order valence-corrected chi connectivity index (χ2v) is 7.09. The third-order valence-corrected chi connectivity index (χ3v) is 5.52. The van der Waals surface area contributed by atoms with Crippen molar-refractivity contribution in [1.29, 1.82) is 0 Å². The fraction of sp³-hybridized carbons (Fsp3) is 0.250. The molecule has 0 fully saturated rings. The molecule has 0 amide bonds. The molecule has 0 radical (unpaired) electrons. The highest BCUT2D eigenvalue weighted by molar-refractivity contribution is 7.91. The molecule has 3 rings (SSSR count). The molecular formula is C16H15FO3S. The van der Waals surface area contributed by atoms with Crippen molar-refractivity contribution in [1.82, 2.24) is 0 Å². The predicted octanol–water partition coefficient (Wildman–Crippen LogP) is 3.17. The highest BCUT2D eigenvalue weighted by atomic mass is 32.2. The van der Waals surface area contributed by atoms with Crippen LogP contribution in [-0.4, -0.2) is 20.8 Å². The van der Waals surface area contributed by atoms with Gasteiger partial charge >= 0.3 is 0 Å². The van der Waals surface area contributed by atoms with Crippen LogP contribution < -0.4 is 4.74 Å². The Balaban J connectivity index is 1.93. The summed E-state index contributed by atoms with van der Waals surface area (Å²) in [7, 11) is -3.66. The van der Waals surface area contributed by atoms with Crippen LogP contribution in [0.2, 0.25) is 0 Å². The molecule has 1 unspecified atom stereocenters. The molecule has 1 aliphatic heterocycles. The maximum absolute atomic E-state index is 13.7. The first-order chi connectivity index (χ1) is 10.1. The standard InChI is InChI=1S/C16H15FO3S/c17-14-6-2-4-8-16(14)21(18,19)11-12-9-10-20-15-7-3-1-5-13(12)15/h1-8,12H,9-11H2. The van der Waals surface area contributed by atoms with Gasteiger partial charge in [-0.1, -0.05) is 30.3 Å². The summed E-state index contributed by atoms with van der Waals surface area (Å²) >= 11 is 0. The van der Waals surface area contributed by atoms with Crippen molar-refractivity contribution in [3.05, 3.63) is 59.9 Å². The van der Waals surface area contributed by atoms with Crippen LogP contribution in [0.4, 0.5) is 4.39 Å². The second-order valence-electron chi connectivity index (χ2n) is 5.08. The topological polar surface area (TPSA) is 43.4 Å². The minimum Gasteiger partial charge on any atom is -0.493 e. The van der Waals surface area contributed by atoms with Crippen LogP contribution in [0.5, 0.6) is 5.75 Å². The first kappa shape index (κ1) is 14.1. The van der Waals surface area contributed by atoms with Gasteiger partial charge in [0.15, 0.2) is 9.84 Å². The van der Waals surface area contributed by atoms with Crippen LogP contribution in [0.1, 0.15) is 17.9 Å². The molecule has 0 aromatic heterocycles. The lowest BCUT2D eigenvalue weighted by molar-refractivity contribution is 0.272. The van der Waals surface area contributed by atoms with Gasteiger partial charge < -0.3 is 4.74 Å². The normalized spacial score (nSPS) is 17.9. The van der Waals surface area contributed by atoms with Crippen molar-refractivity contribution in [3.8, 4) is 5.75 Å². The molecular weight excluding hydrogens is 291 g/mol. The van der Waals surface area contributed by atoms with E-state index in [4.69, 9.17) is 4.74 Å². The smallest absolute Gasteiger partial charge is 0.181 e. The van der Waals surface area contributed by atoms with E-state index in [0.29, 0.717) is 13.0 Å². The van der Waals surface area contributed by atoms with Crippen molar-refractivity contribution in [3.63, 3.8) is 0 Å². The Bertz CT molecular complexity index is 756. The molecule has 0 spiro atoms. The van der Waals surface area contributed by atoms with Crippen LogP contribution in [0.25, 0.3) is 0 Å². The molecule has 110 valence electrons. The summed E-state index contributed by atoms with van der Waals surface area (Å²) in [6.45, 7) is 0.481. The zero-order valence-electron chi connectivity index (χ0n) is 11.3. The number of hydrogen-bond acceptors (Lipinski definition) is 3. The molecule has 0 saturated carbocycles. The monoisotopic (exact) mass is 306 g/mol. The zero-order chi connectivity index (χ0) is 14.9. The molecule has 1 atom stereocenters. The number of para-hydroxylation sites is 1. The van der Waals surface area contributed by atoms with Gasteiger partial charge in [0.25, 0.3) is 0 Å². The van der Waals surface area contributed by atoms with E-state index in [2.05, 4.69) is 0 Å². The molecule has 3 nitrogen and oxygen atoms in total. The fourth-order valence-electron chi connectivity index (χ4n) is 2.64. The SMILES string of the molecule is O=S(=O)(CC1CCOc2ccccc21)c1ccccc1F. The first-order valence-corrected chi connectivity index (χ1v) is 8.42. The average Bonchev–Trinajstić information content (AvgIpc) is 2.47. The summed E-state index contributed by atoms with van der Waals surface area (Å²) in [6, 6.07) is 12.9. The highest BCUT2D eigenvalue weighted by Crippen LogP contribution is 2.35. The summed E-state index contributed by atoms with van der Waals surface area (Å²) < 4.78 is 44.2. The third kappa shape index (κ3) is 2.78. The molecule has 1 aliphatic rings. The summed E-state index contributed by atoms with van der Waals surface area (Å²) in [4.78, 5) is -0.228. The van der Waals surface area contributed by atoms with Gasteiger partial charge in [-0.15, -0.1) is 0 Å². The Labute approximate surface area is 123 Å². The van der Waals surface area contributed by atoms with Crippen LogP contribution >= 0.6 is 0 Å². The quantitative estimate of drug-likeness (QED) is 0.875. The lowest BCUT2D eigenvalue weighted by atomic mass is 9.95. The van der Waals surface area contributed by atoms with Crippen LogP contribution in [0.15, 0.2) is 53.4 Å². The molecule has 2 aromatic carbocycles. The Kier molecular flexibility index (Phi) is 3.68. The number of halogens is 1. The third-order valence-electron chi connectivity index (χ3n) is 3.68. The van der Waals surface area contributed by atoms with Crippen LogP contribution in [0.3, 0.4) is 0 Å². The van der Waals surface area contributed by atoms with Gasteiger partial charge in [0, 0.05) is 5.92 Å². The van der Waals surface area contributed by atoms with Crippen molar-refractivity contribution in [2.24, 2.45) is 0 Å². The van der Waals surface area contributed by atoms with Crippen LogP contribution in [0, 0.1) is 5.82 Å². The Morgan fingerprint density at radius 3 is 2.62 bits per heavy atom. The van der Waals surface area contributed by atoms with E-state index in [1.807, 2.05) is 24.3 Å². The molecule has 0 saturated heterocycles. The summed E-state index contributed by atoms with van der Waals surface area (Å²) in [6.07, 6.45) is 0.616. The predicted molar refractivity (Wildman–Crippen MR) is 77.7 cm³/mol. The van der Waals surface area contributed by atoms with Crippen molar-refractivity contribution in [2.75, 3.05) is 12.4 Å². The van der Waals surface area contributed by atoms with Gasteiger partial charge in [-0.25, -0.2) is 12.8 Å². The fourth-order valence-corrected chi connectivity index (χ4v) is 4.35. The van der Waals surface area contributed by atoms with E-state index in [1.165, 1.54) is 24.3 Å². The van der Waals surface area contributed by atoms with Gasteiger partial charge in [0.1, 0.15) is 16.5 Å². The largest absolute Gasteiger partial charge is 0.493 e. The zero-order valence-corrected chi connectivity index (χ0v) is 12.1. The molecule has 0 bridgehead atoms. The maximum atomic E-state index is 13.7. The summed E-state index contributed by atoms with van der Waals surface area (Å²) in [5.41, 5.74) is 0.878. The molecule has 0 N–H and O–H groups in total. The molecule has 21 heavy (non-hydrogen) atoms. The van der Waals surface area contributed by atoms with Gasteiger partial charge in [-0.3, -0.25) is 0 Å². The number of benzene rings is 2. The van der Waals surface area contributed by atoms with Gasteiger partial charge in [0.05, 0.1) is 12.4 Å². The van der Waals surface area contributed by atoms with Crippen LogP contribution in [-0.2, 0) is 9.84 Å². The first-order valence-electron chi connectivity index (χ1n) is 6.77. The highest BCUT2D eigenvalue weighted by Gasteiger charge is 2.28. The minimum atomic E-state index is -3.66. The van der Waals surface area contributed by atoms with Gasteiger partial charge in [0.2, 0.25) is 0 Å². The maximum Gasteiger partial charge on any atom is 0.181 e. The number of hydrogen-bond donors (Lipinski definition) is 0. The number of fused-ring (bicyclic) bond motifs is 1. The van der Waals surface area contributed by atoms with E-state index in [1.54, 1.807) is 0 Å². The minimum absolute atomic E-state index is 0.103. The van der Waals surface area contributed by atoms with E-state index in [9.17, 15) is 12.8 Å². The van der Waals surface area contributed by atoms with E-state index < -0.39 is 15.7 Å². The molecule has 1 heterocycles. The lowest BCUT2D eigenvalue weighted by Crippen LogP contribution is -2.22. The molecule has 5 heteroatoms. The average molecular weight is 306 g/mol. The molecule has 2 aromatic rings.